The van der Waals surface area contributed by atoms with Crippen LogP contribution >= 0.6 is 0 Å². The number of fused-ring (bicyclic) bond motifs is 2. The maximum absolute atomic E-state index is 6.25. The number of ether oxygens (including phenoxy) is 7. The fourth-order valence-corrected chi connectivity index (χ4v) is 3.88. The minimum atomic E-state index is -0.690. The van der Waals surface area contributed by atoms with Gasteiger partial charge in [0.15, 0.2) is 6.29 Å². The second-order valence-electron chi connectivity index (χ2n) is 7.48. The molecular weight excluding hydrogens is 388 g/mol. The lowest BCUT2D eigenvalue weighted by Gasteiger charge is -2.30. The maximum Gasteiger partial charge on any atom is 0.187 e. The molecule has 0 radical (unpaired) electrons. The lowest BCUT2D eigenvalue weighted by Crippen LogP contribution is -2.46. The molecule has 2 heterocycles. The highest BCUT2D eigenvalue weighted by molar-refractivity contribution is 5.27. The van der Waals surface area contributed by atoms with Gasteiger partial charge in [0, 0.05) is 7.11 Å². The van der Waals surface area contributed by atoms with Gasteiger partial charge >= 0.3 is 0 Å². The summed E-state index contributed by atoms with van der Waals surface area (Å²) >= 11 is 0. The van der Waals surface area contributed by atoms with Crippen LogP contribution in [0.1, 0.15) is 11.1 Å². The number of benzene rings is 2. The van der Waals surface area contributed by atoms with Gasteiger partial charge in [-0.15, -0.1) is 0 Å². The van der Waals surface area contributed by atoms with E-state index in [1.165, 1.54) is 0 Å². The Balaban J connectivity index is 1.38. The molecule has 2 unspecified atom stereocenters. The average molecular weight is 416 g/mol. The molecule has 0 aliphatic carbocycles. The summed E-state index contributed by atoms with van der Waals surface area (Å²) in [6, 6.07) is 15.6. The van der Waals surface area contributed by atoms with E-state index >= 15 is 0 Å². The van der Waals surface area contributed by atoms with Crippen LogP contribution in [-0.4, -0.2) is 58.6 Å². The molecule has 30 heavy (non-hydrogen) atoms. The normalized spacial score (nSPS) is 27.4. The van der Waals surface area contributed by atoms with E-state index in [-0.39, 0.29) is 12.2 Å². The van der Waals surface area contributed by atoms with E-state index in [1.54, 1.807) is 21.3 Å². The van der Waals surface area contributed by atoms with Gasteiger partial charge in [0.1, 0.15) is 29.3 Å². The minimum Gasteiger partial charge on any atom is -0.497 e. The van der Waals surface area contributed by atoms with Crippen LogP contribution in [0.25, 0.3) is 0 Å². The molecule has 2 bridgehead atoms. The van der Waals surface area contributed by atoms with Crippen molar-refractivity contribution < 1.29 is 33.2 Å². The van der Waals surface area contributed by atoms with Crippen molar-refractivity contribution in [3.8, 4) is 11.5 Å². The first kappa shape index (κ1) is 21.1. The summed E-state index contributed by atoms with van der Waals surface area (Å²) < 4.78 is 40.2. The van der Waals surface area contributed by atoms with Crippen LogP contribution in [-0.2, 0) is 36.9 Å². The van der Waals surface area contributed by atoms with Crippen LogP contribution < -0.4 is 9.47 Å². The third-order valence-electron chi connectivity index (χ3n) is 5.55. The zero-order valence-electron chi connectivity index (χ0n) is 17.5. The van der Waals surface area contributed by atoms with Crippen LogP contribution in [0.3, 0.4) is 0 Å². The van der Waals surface area contributed by atoms with Gasteiger partial charge in [-0.3, -0.25) is 0 Å². The van der Waals surface area contributed by atoms with Gasteiger partial charge in [-0.2, -0.15) is 0 Å². The minimum absolute atomic E-state index is 0.277. The van der Waals surface area contributed by atoms with Gasteiger partial charge in [-0.25, -0.2) is 0 Å². The average Bonchev–Trinajstić information content (AvgIpc) is 3.30. The van der Waals surface area contributed by atoms with E-state index < -0.39 is 11.9 Å². The van der Waals surface area contributed by atoms with Crippen molar-refractivity contribution in [2.75, 3.05) is 34.5 Å². The molecule has 7 heteroatoms. The van der Waals surface area contributed by atoms with Crippen LogP contribution in [0, 0.1) is 0 Å². The fraction of sp³-hybridized carbons (Fsp3) is 0.478. The maximum atomic E-state index is 6.25. The Morgan fingerprint density at radius 2 is 1.47 bits per heavy atom. The molecule has 2 aromatic carbocycles. The third-order valence-corrected chi connectivity index (χ3v) is 5.55. The smallest absolute Gasteiger partial charge is 0.187 e. The van der Waals surface area contributed by atoms with Gasteiger partial charge in [0.25, 0.3) is 0 Å². The Morgan fingerprint density at radius 1 is 0.867 bits per heavy atom. The quantitative estimate of drug-likeness (QED) is 0.590. The summed E-state index contributed by atoms with van der Waals surface area (Å²) in [5.41, 5.74) is 1.41. The van der Waals surface area contributed by atoms with Crippen molar-refractivity contribution in [1.29, 1.82) is 0 Å². The zero-order chi connectivity index (χ0) is 21.0. The van der Waals surface area contributed by atoms with Crippen molar-refractivity contribution in [3.63, 3.8) is 0 Å². The molecule has 0 spiro atoms. The first-order valence-electron chi connectivity index (χ1n) is 9.95. The number of rotatable bonds is 10. The molecule has 2 aromatic rings. The number of hydrogen-bond acceptors (Lipinski definition) is 7. The standard InChI is InChI=1S/C23H28O7/c1-24-18-8-4-16(5-9-18)12-27-14-23-15-29-20(22(26-3)30-23)21(23)28-13-17-6-10-19(25-2)11-7-17/h4-11,20-22H,12-15H2,1-3H3/t20?,21-,22?,23+/m1/s1. The molecule has 4 rings (SSSR count). The summed E-state index contributed by atoms with van der Waals surface area (Å²) in [6.45, 7) is 1.66. The first-order chi connectivity index (χ1) is 14.7. The van der Waals surface area contributed by atoms with Crippen molar-refractivity contribution in [2.24, 2.45) is 0 Å². The van der Waals surface area contributed by atoms with E-state index in [1.807, 2.05) is 48.5 Å². The molecule has 2 aliphatic rings. The number of methoxy groups -OCH3 is 3. The van der Waals surface area contributed by atoms with Gasteiger partial charge in [-0.1, -0.05) is 24.3 Å². The number of hydrogen-bond donors (Lipinski definition) is 0. The highest BCUT2D eigenvalue weighted by Gasteiger charge is 2.63. The predicted octanol–water partition coefficient (Wildman–Crippen LogP) is 2.95. The highest BCUT2D eigenvalue weighted by atomic mass is 16.8. The third kappa shape index (κ3) is 4.31. The van der Waals surface area contributed by atoms with Crippen molar-refractivity contribution in [1.82, 2.24) is 0 Å². The molecule has 2 aliphatic heterocycles. The van der Waals surface area contributed by atoms with Gasteiger partial charge in [0.05, 0.1) is 40.6 Å². The molecule has 0 saturated carbocycles. The van der Waals surface area contributed by atoms with Crippen LogP contribution in [0.15, 0.2) is 48.5 Å². The molecule has 0 N–H and O–H groups in total. The molecule has 7 nitrogen and oxygen atoms in total. The molecule has 2 fully saturated rings. The molecular formula is C23H28O7. The second-order valence-corrected chi connectivity index (χ2v) is 7.48. The summed E-state index contributed by atoms with van der Waals surface area (Å²) in [6.07, 6.45) is -1.03. The molecule has 4 atom stereocenters. The van der Waals surface area contributed by atoms with Gasteiger partial charge in [-0.05, 0) is 35.4 Å². The summed E-state index contributed by atoms with van der Waals surface area (Å²) in [5, 5.41) is 0. The molecule has 0 amide bonds. The fourth-order valence-electron chi connectivity index (χ4n) is 3.88. The van der Waals surface area contributed by atoms with Gasteiger partial charge < -0.3 is 33.2 Å². The summed E-state index contributed by atoms with van der Waals surface area (Å²) in [7, 11) is 4.91. The molecule has 0 aromatic heterocycles. The molecule has 2 saturated heterocycles. The lowest BCUT2D eigenvalue weighted by atomic mass is 10.00. The van der Waals surface area contributed by atoms with E-state index in [0.29, 0.717) is 26.4 Å². The monoisotopic (exact) mass is 416 g/mol. The predicted molar refractivity (Wildman–Crippen MR) is 109 cm³/mol. The first-order valence-corrected chi connectivity index (χ1v) is 9.95. The Labute approximate surface area is 176 Å². The highest BCUT2D eigenvalue weighted by Crippen LogP contribution is 2.43. The van der Waals surface area contributed by atoms with Crippen LogP contribution in [0.5, 0.6) is 11.5 Å². The van der Waals surface area contributed by atoms with Crippen molar-refractivity contribution >= 4 is 0 Å². The SMILES string of the molecule is COc1ccc(COC[C@@]23COC(C(OC)O2)[C@H]3OCc2ccc(OC)cc2)cc1. The van der Waals surface area contributed by atoms with Crippen LogP contribution in [0.2, 0.25) is 0 Å². The van der Waals surface area contributed by atoms with E-state index in [0.717, 1.165) is 22.6 Å². The van der Waals surface area contributed by atoms with Crippen molar-refractivity contribution in [3.05, 3.63) is 59.7 Å². The van der Waals surface area contributed by atoms with E-state index in [9.17, 15) is 0 Å². The van der Waals surface area contributed by atoms with Crippen LogP contribution in [0.4, 0.5) is 0 Å². The Hall–Kier alpha value is -2.16. The van der Waals surface area contributed by atoms with Crippen molar-refractivity contribution in [2.45, 2.75) is 37.3 Å². The molecule has 162 valence electrons. The summed E-state index contributed by atoms with van der Waals surface area (Å²) in [4.78, 5) is 0. The Bertz CT molecular complexity index is 807. The Morgan fingerprint density at radius 3 is 2.03 bits per heavy atom. The zero-order valence-corrected chi connectivity index (χ0v) is 17.5. The van der Waals surface area contributed by atoms with Gasteiger partial charge in [0.2, 0.25) is 0 Å². The topological polar surface area (TPSA) is 64.6 Å². The summed E-state index contributed by atoms with van der Waals surface area (Å²) in [5.74, 6) is 1.63. The largest absolute Gasteiger partial charge is 0.497 e. The van der Waals surface area contributed by atoms with E-state index in [2.05, 4.69) is 0 Å². The lowest BCUT2D eigenvalue weighted by molar-refractivity contribution is -0.246. The van der Waals surface area contributed by atoms with E-state index in [4.69, 9.17) is 33.2 Å². The Kier molecular flexibility index (Phi) is 6.55. The second kappa shape index (κ2) is 9.32.